The summed E-state index contributed by atoms with van der Waals surface area (Å²) in [6, 6.07) is 9.82. The highest BCUT2D eigenvalue weighted by Crippen LogP contribution is 2.29. The molecule has 26 heavy (non-hydrogen) atoms. The average Bonchev–Trinajstić information content (AvgIpc) is 2.58. The lowest BCUT2D eigenvalue weighted by atomic mass is 10.1. The molecule has 0 spiro atoms. The van der Waals surface area contributed by atoms with E-state index in [0.29, 0.717) is 22.4 Å². The van der Waals surface area contributed by atoms with Crippen molar-refractivity contribution < 1.29 is 23.0 Å². The molecule has 1 amide bonds. The third kappa shape index (κ3) is 4.05. The van der Waals surface area contributed by atoms with Crippen molar-refractivity contribution in [3.63, 3.8) is 0 Å². The van der Waals surface area contributed by atoms with Crippen molar-refractivity contribution in [2.75, 3.05) is 19.0 Å². The number of carbonyl (C=O) groups is 1. The molecule has 1 aromatic heterocycles. The van der Waals surface area contributed by atoms with Gasteiger partial charge in [-0.05, 0) is 37.3 Å². The Morgan fingerprint density at radius 3 is 2.54 bits per heavy atom. The van der Waals surface area contributed by atoms with Crippen LogP contribution in [0.5, 0.6) is 11.5 Å². The molecule has 0 unspecified atom stereocenters. The number of hydrogen-bond acceptors (Lipinski definition) is 4. The van der Waals surface area contributed by atoms with Crippen LogP contribution in [0, 0.1) is 18.6 Å². The van der Waals surface area contributed by atoms with Gasteiger partial charge in [0, 0.05) is 28.9 Å². The van der Waals surface area contributed by atoms with Gasteiger partial charge in [0.05, 0.1) is 12.6 Å². The normalized spacial score (nSPS) is 10.6. The number of methoxy groups -OCH3 is 1. The van der Waals surface area contributed by atoms with E-state index >= 15 is 0 Å². The molecule has 3 rings (SSSR count). The van der Waals surface area contributed by atoms with Gasteiger partial charge in [-0.25, -0.2) is 8.78 Å². The lowest BCUT2D eigenvalue weighted by Gasteiger charge is -2.11. The summed E-state index contributed by atoms with van der Waals surface area (Å²) in [5.74, 6) is -0.992. The second-order valence-corrected chi connectivity index (χ2v) is 5.64. The summed E-state index contributed by atoms with van der Waals surface area (Å²) in [7, 11) is 1.55. The molecule has 0 atom stereocenters. The summed E-state index contributed by atoms with van der Waals surface area (Å²) in [5, 5.41) is 3.09. The van der Waals surface area contributed by atoms with Gasteiger partial charge >= 0.3 is 0 Å². The fourth-order valence-corrected chi connectivity index (χ4v) is 2.51. The number of rotatable bonds is 5. The summed E-state index contributed by atoms with van der Waals surface area (Å²) in [5.41, 5.74) is 1.45. The molecule has 7 heteroatoms. The fraction of sp³-hybridized carbons (Fsp3) is 0.158. The van der Waals surface area contributed by atoms with Crippen LogP contribution in [0.4, 0.5) is 14.5 Å². The van der Waals surface area contributed by atoms with Crippen LogP contribution in [0.3, 0.4) is 0 Å². The third-order valence-electron chi connectivity index (χ3n) is 3.61. The van der Waals surface area contributed by atoms with Gasteiger partial charge in [-0.3, -0.25) is 9.78 Å². The predicted molar refractivity (Wildman–Crippen MR) is 93.5 cm³/mol. The molecule has 3 aromatic rings. The molecule has 0 bridgehead atoms. The molecule has 0 radical (unpaired) electrons. The minimum absolute atomic E-state index is 0.0218. The Kier molecular flexibility index (Phi) is 4.97. The van der Waals surface area contributed by atoms with E-state index in [4.69, 9.17) is 9.47 Å². The minimum Gasteiger partial charge on any atom is -0.497 e. The van der Waals surface area contributed by atoms with E-state index in [9.17, 15) is 13.6 Å². The molecule has 5 nitrogen and oxygen atoms in total. The first-order valence-electron chi connectivity index (χ1n) is 7.79. The lowest BCUT2D eigenvalue weighted by molar-refractivity contribution is -0.118. The first-order chi connectivity index (χ1) is 12.4. The van der Waals surface area contributed by atoms with Crippen LogP contribution in [-0.4, -0.2) is 24.6 Å². The quantitative estimate of drug-likeness (QED) is 0.753. The topological polar surface area (TPSA) is 60.5 Å². The summed E-state index contributed by atoms with van der Waals surface area (Å²) in [4.78, 5) is 16.4. The summed E-state index contributed by atoms with van der Waals surface area (Å²) in [6.45, 7) is 1.49. The first kappa shape index (κ1) is 17.6. The largest absolute Gasteiger partial charge is 0.497 e. The fourth-order valence-electron chi connectivity index (χ4n) is 2.51. The number of benzene rings is 2. The number of carbonyl (C=O) groups excluding carboxylic acids is 1. The number of ether oxygens (including phenoxy) is 2. The van der Waals surface area contributed by atoms with E-state index in [0.717, 1.165) is 23.9 Å². The zero-order valence-electron chi connectivity index (χ0n) is 14.2. The zero-order chi connectivity index (χ0) is 18.7. The number of hydrogen-bond donors (Lipinski definition) is 1. The number of nitrogens with one attached hydrogen (secondary N) is 1. The Morgan fingerprint density at radius 1 is 1.12 bits per heavy atom. The second kappa shape index (κ2) is 7.35. The average molecular weight is 358 g/mol. The van der Waals surface area contributed by atoms with Crippen molar-refractivity contribution in [1.82, 2.24) is 4.98 Å². The van der Waals surface area contributed by atoms with E-state index in [2.05, 4.69) is 10.3 Å². The Labute approximate surface area is 148 Å². The van der Waals surface area contributed by atoms with E-state index in [-0.39, 0.29) is 12.3 Å². The Hall–Kier alpha value is -3.22. The smallest absolute Gasteiger partial charge is 0.262 e. The maximum absolute atomic E-state index is 13.2. The number of halogens is 2. The van der Waals surface area contributed by atoms with Crippen LogP contribution in [0.25, 0.3) is 10.9 Å². The summed E-state index contributed by atoms with van der Waals surface area (Å²) >= 11 is 0. The number of amides is 1. The predicted octanol–water partition coefficient (Wildman–Crippen LogP) is 3.85. The van der Waals surface area contributed by atoms with Crippen LogP contribution < -0.4 is 14.8 Å². The molecule has 0 fully saturated rings. The lowest BCUT2D eigenvalue weighted by Crippen LogP contribution is -2.20. The van der Waals surface area contributed by atoms with Gasteiger partial charge in [-0.2, -0.15) is 0 Å². The van der Waals surface area contributed by atoms with Gasteiger partial charge in [0.15, 0.2) is 6.61 Å². The maximum Gasteiger partial charge on any atom is 0.262 e. The van der Waals surface area contributed by atoms with Crippen LogP contribution in [0.1, 0.15) is 5.69 Å². The number of fused-ring (bicyclic) bond motifs is 1. The monoisotopic (exact) mass is 358 g/mol. The molecule has 0 aliphatic heterocycles. The van der Waals surface area contributed by atoms with Gasteiger partial charge in [0.2, 0.25) is 0 Å². The molecule has 0 aliphatic rings. The maximum atomic E-state index is 13.2. The standard InChI is InChI=1S/C19H16F2N2O3/c1-11-5-18(16-9-15(25-2)3-4-17(16)22-11)26-10-19(24)23-14-7-12(20)6-13(21)8-14/h3-9H,10H2,1-2H3,(H,23,24). The highest BCUT2D eigenvalue weighted by molar-refractivity contribution is 5.92. The van der Waals surface area contributed by atoms with Gasteiger partial charge < -0.3 is 14.8 Å². The van der Waals surface area contributed by atoms with Gasteiger partial charge in [0.1, 0.15) is 23.1 Å². The van der Waals surface area contributed by atoms with E-state index in [1.807, 2.05) is 6.92 Å². The Bertz CT molecular complexity index is 956. The van der Waals surface area contributed by atoms with Crippen molar-refractivity contribution in [2.24, 2.45) is 0 Å². The molecule has 134 valence electrons. The van der Waals surface area contributed by atoms with E-state index in [1.165, 1.54) is 0 Å². The molecule has 1 heterocycles. The van der Waals surface area contributed by atoms with Crippen LogP contribution in [0.2, 0.25) is 0 Å². The van der Waals surface area contributed by atoms with Crippen molar-refractivity contribution in [2.45, 2.75) is 6.92 Å². The number of aryl methyl sites for hydroxylation is 1. The van der Waals surface area contributed by atoms with Gasteiger partial charge in [-0.15, -0.1) is 0 Å². The molecular formula is C19H16F2N2O3. The SMILES string of the molecule is COc1ccc2nc(C)cc(OCC(=O)Nc3cc(F)cc(F)c3)c2c1. The highest BCUT2D eigenvalue weighted by atomic mass is 19.1. The van der Waals surface area contributed by atoms with Crippen molar-refractivity contribution in [3.05, 3.63) is 59.8 Å². The van der Waals surface area contributed by atoms with Crippen molar-refractivity contribution in [1.29, 1.82) is 0 Å². The first-order valence-corrected chi connectivity index (χ1v) is 7.79. The van der Waals surface area contributed by atoms with Gasteiger partial charge in [0.25, 0.3) is 5.91 Å². The second-order valence-electron chi connectivity index (χ2n) is 5.64. The molecule has 0 saturated heterocycles. The number of aromatic nitrogens is 1. The van der Waals surface area contributed by atoms with Gasteiger partial charge in [-0.1, -0.05) is 0 Å². The zero-order valence-corrected chi connectivity index (χ0v) is 14.2. The van der Waals surface area contributed by atoms with Crippen LogP contribution >= 0.6 is 0 Å². The minimum atomic E-state index is -0.774. The van der Waals surface area contributed by atoms with E-state index in [1.54, 1.807) is 31.4 Å². The highest BCUT2D eigenvalue weighted by Gasteiger charge is 2.10. The third-order valence-corrected chi connectivity index (χ3v) is 3.61. The Balaban J connectivity index is 1.77. The molecular weight excluding hydrogens is 342 g/mol. The van der Waals surface area contributed by atoms with Crippen LogP contribution in [-0.2, 0) is 4.79 Å². The summed E-state index contributed by atoms with van der Waals surface area (Å²) < 4.78 is 37.2. The summed E-state index contributed by atoms with van der Waals surface area (Å²) in [6.07, 6.45) is 0. The van der Waals surface area contributed by atoms with Crippen molar-refractivity contribution >= 4 is 22.5 Å². The molecule has 0 aliphatic carbocycles. The van der Waals surface area contributed by atoms with Crippen molar-refractivity contribution in [3.8, 4) is 11.5 Å². The number of anilines is 1. The van der Waals surface area contributed by atoms with E-state index < -0.39 is 17.5 Å². The molecule has 2 aromatic carbocycles. The Morgan fingerprint density at radius 2 is 1.85 bits per heavy atom. The molecule has 1 N–H and O–H groups in total. The molecule has 0 saturated carbocycles. The number of nitrogens with zero attached hydrogens (tertiary/aromatic N) is 1. The number of pyridine rings is 1. The van der Waals surface area contributed by atoms with Crippen LogP contribution in [0.15, 0.2) is 42.5 Å².